The van der Waals surface area contributed by atoms with Crippen molar-refractivity contribution in [2.24, 2.45) is 0 Å². The van der Waals surface area contributed by atoms with Crippen molar-refractivity contribution in [3.05, 3.63) is 0 Å². The van der Waals surface area contributed by atoms with E-state index in [4.69, 9.17) is 10.5 Å². The lowest BCUT2D eigenvalue weighted by atomic mass is 10.1. The highest BCUT2D eigenvalue weighted by Gasteiger charge is 2.21. The SMILES string of the molecule is CC(C)Oc1c(N)nsc1NC1CCCN(C)C1. The van der Waals surface area contributed by atoms with E-state index in [1.807, 2.05) is 13.8 Å². The number of nitrogen functional groups attached to an aromatic ring is 1. The predicted molar refractivity (Wildman–Crippen MR) is 76.4 cm³/mol. The first-order chi connectivity index (χ1) is 8.56. The molecule has 1 saturated heterocycles. The fourth-order valence-corrected chi connectivity index (χ4v) is 2.93. The second-order valence-corrected chi connectivity index (χ2v) is 5.91. The van der Waals surface area contributed by atoms with E-state index >= 15 is 0 Å². The first-order valence-electron chi connectivity index (χ1n) is 6.43. The molecule has 0 spiro atoms. The number of likely N-dealkylation sites (tertiary alicyclic amines) is 1. The molecule has 6 heteroatoms. The molecule has 1 fully saturated rings. The van der Waals surface area contributed by atoms with Crippen LogP contribution in [0.25, 0.3) is 0 Å². The van der Waals surface area contributed by atoms with Crippen LogP contribution in [0.15, 0.2) is 0 Å². The third kappa shape index (κ3) is 3.26. The maximum atomic E-state index is 5.85. The Bertz CT molecular complexity index is 393. The summed E-state index contributed by atoms with van der Waals surface area (Å²) < 4.78 is 9.90. The molecule has 2 heterocycles. The van der Waals surface area contributed by atoms with E-state index in [-0.39, 0.29) is 6.10 Å². The van der Waals surface area contributed by atoms with Gasteiger partial charge >= 0.3 is 0 Å². The van der Waals surface area contributed by atoms with Gasteiger partial charge in [-0.1, -0.05) is 0 Å². The fraction of sp³-hybridized carbons (Fsp3) is 0.750. The summed E-state index contributed by atoms with van der Waals surface area (Å²) in [7, 11) is 2.15. The number of hydrogen-bond acceptors (Lipinski definition) is 6. The summed E-state index contributed by atoms with van der Waals surface area (Å²) in [5, 5.41) is 4.48. The van der Waals surface area contributed by atoms with Crippen LogP contribution in [-0.2, 0) is 0 Å². The van der Waals surface area contributed by atoms with Gasteiger partial charge in [0.05, 0.1) is 6.10 Å². The van der Waals surface area contributed by atoms with Crippen molar-refractivity contribution in [3.8, 4) is 5.75 Å². The summed E-state index contributed by atoms with van der Waals surface area (Å²) in [4.78, 5) is 2.34. The van der Waals surface area contributed by atoms with E-state index in [0.717, 1.165) is 11.5 Å². The Morgan fingerprint density at radius 1 is 1.56 bits per heavy atom. The number of nitrogens with zero attached hydrogens (tertiary/aromatic N) is 2. The summed E-state index contributed by atoms with van der Waals surface area (Å²) in [5.74, 6) is 1.20. The van der Waals surface area contributed by atoms with Crippen molar-refractivity contribution in [1.29, 1.82) is 0 Å². The third-order valence-electron chi connectivity index (χ3n) is 2.99. The van der Waals surface area contributed by atoms with Crippen molar-refractivity contribution in [2.75, 3.05) is 31.2 Å². The number of nitrogens with two attached hydrogens (primary N) is 1. The lowest BCUT2D eigenvalue weighted by Gasteiger charge is -2.30. The highest BCUT2D eigenvalue weighted by Crippen LogP contribution is 2.36. The quantitative estimate of drug-likeness (QED) is 0.876. The minimum atomic E-state index is 0.110. The Kier molecular flexibility index (Phi) is 4.29. The highest BCUT2D eigenvalue weighted by atomic mass is 32.1. The molecule has 0 saturated carbocycles. The maximum absolute atomic E-state index is 5.85. The Morgan fingerprint density at radius 3 is 3.00 bits per heavy atom. The second-order valence-electron chi connectivity index (χ2n) is 5.14. The number of nitrogens with one attached hydrogen (secondary N) is 1. The van der Waals surface area contributed by atoms with E-state index in [1.54, 1.807) is 0 Å². The fourth-order valence-electron chi connectivity index (χ4n) is 2.21. The first-order valence-corrected chi connectivity index (χ1v) is 7.20. The van der Waals surface area contributed by atoms with Crippen molar-refractivity contribution >= 4 is 22.4 Å². The van der Waals surface area contributed by atoms with Gasteiger partial charge < -0.3 is 20.7 Å². The largest absolute Gasteiger partial charge is 0.484 e. The summed E-state index contributed by atoms with van der Waals surface area (Å²) >= 11 is 1.38. The average molecular weight is 270 g/mol. The second kappa shape index (κ2) is 5.75. The van der Waals surface area contributed by atoms with E-state index < -0.39 is 0 Å². The molecular formula is C12H22N4OS. The number of piperidine rings is 1. The molecule has 2 rings (SSSR count). The van der Waals surface area contributed by atoms with Crippen LogP contribution in [0.3, 0.4) is 0 Å². The number of aromatic nitrogens is 1. The summed E-state index contributed by atoms with van der Waals surface area (Å²) in [6.07, 6.45) is 2.52. The zero-order chi connectivity index (χ0) is 13.1. The Balaban J connectivity index is 2.04. The van der Waals surface area contributed by atoms with Crippen LogP contribution in [0.2, 0.25) is 0 Å². The molecule has 1 aromatic heterocycles. The van der Waals surface area contributed by atoms with Crippen LogP contribution >= 0.6 is 11.5 Å². The van der Waals surface area contributed by atoms with Gasteiger partial charge in [-0.3, -0.25) is 0 Å². The van der Waals surface area contributed by atoms with Crippen LogP contribution in [-0.4, -0.2) is 41.6 Å². The average Bonchev–Trinajstić information content (AvgIpc) is 2.61. The molecule has 1 atom stereocenters. The molecule has 3 N–H and O–H groups in total. The van der Waals surface area contributed by atoms with Crippen LogP contribution in [0.5, 0.6) is 5.75 Å². The molecule has 5 nitrogen and oxygen atoms in total. The molecule has 1 unspecified atom stereocenters. The van der Waals surface area contributed by atoms with Gasteiger partial charge in [-0.2, -0.15) is 4.37 Å². The standard InChI is InChI=1S/C12H22N4OS/c1-8(2)17-10-11(13)15-18-12(10)14-9-5-4-6-16(3)7-9/h8-9,14H,4-7H2,1-3H3,(H2,13,15). The molecular weight excluding hydrogens is 248 g/mol. The van der Waals surface area contributed by atoms with Crippen LogP contribution in [0.4, 0.5) is 10.8 Å². The van der Waals surface area contributed by atoms with Gasteiger partial charge in [0.1, 0.15) is 0 Å². The predicted octanol–water partition coefficient (Wildman–Crippen LogP) is 2.02. The molecule has 1 aromatic rings. The van der Waals surface area contributed by atoms with E-state index in [9.17, 15) is 0 Å². The lowest BCUT2D eigenvalue weighted by molar-refractivity contribution is 0.243. The number of ether oxygens (including phenoxy) is 1. The minimum absolute atomic E-state index is 0.110. The zero-order valence-electron chi connectivity index (χ0n) is 11.3. The van der Waals surface area contributed by atoms with Crippen LogP contribution < -0.4 is 15.8 Å². The van der Waals surface area contributed by atoms with Gasteiger partial charge in [0.15, 0.2) is 16.6 Å². The first kappa shape index (κ1) is 13.4. The van der Waals surface area contributed by atoms with E-state index in [0.29, 0.717) is 17.6 Å². The molecule has 0 amide bonds. The summed E-state index contributed by atoms with van der Waals surface area (Å²) in [6.45, 7) is 6.22. The number of rotatable bonds is 4. The van der Waals surface area contributed by atoms with Gasteiger partial charge in [0, 0.05) is 12.6 Å². The van der Waals surface area contributed by atoms with Gasteiger partial charge in [-0.25, -0.2) is 0 Å². The lowest BCUT2D eigenvalue weighted by Crippen LogP contribution is -2.39. The van der Waals surface area contributed by atoms with Crippen molar-refractivity contribution in [3.63, 3.8) is 0 Å². The number of anilines is 2. The smallest absolute Gasteiger partial charge is 0.197 e. The molecule has 102 valence electrons. The third-order valence-corrected chi connectivity index (χ3v) is 3.76. The Labute approximate surface area is 112 Å². The van der Waals surface area contributed by atoms with Crippen molar-refractivity contribution < 1.29 is 4.74 Å². The molecule has 0 radical (unpaired) electrons. The topological polar surface area (TPSA) is 63.4 Å². The van der Waals surface area contributed by atoms with Gasteiger partial charge in [0.2, 0.25) is 0 Å². The van der Waals surface area contributed by atoms with Gasteiger partial charge in [-0.05, 0) is 51.8 Å². The summed E-state index contributed by atoms with van der Waals surface area (Å²) in [5.41, 5.74) is 5.85. The Morgan fingerprint density at radius 2 is 2.33 bits per heavy atom. The van der Waals surface area contributed by atoms with Crippen molar-refractivity contribution in [2.45, 2.75) is 38.8 Å². The monoisotopic (exact) mass is 270 g/mol. The zero-order valence-corrected chi connectivity index (χ0v) is 12.1. The Hall–Kier alpha value is -1.01. The minimum Gasteiger partial charge on any atom is -0.484 e. The van der Waals surface area contributed by atoms with Crippen LogP contribution in [0.1, 0.15) is 26.7 Å². The van der Waals surface area contributed by atoms with Crippen molar-refractivity contribution in [1.82, 2.24) is 9.27 Å². The molecule has 0 bridgehead atoms. The molecule has 1 aliphatic heterocycles. The van der Waals surface area contributed by atoms with Crippen LogP contribution in [0, 0.1) is 0 Å². The molecule has 1 aliphatic rings. The summed E-state index contributed by atoms with van der Waals surface area (Å²) in [6, 6.07) is 0.457. The van der Waals surface area contributed by atoms with Gasteiger partial charge in [0.25, 0.3) is 0 Å². The van der Waals surface area contributed by atoms with E-state index in [2.05, 4.69) is 21.6 Å². The molecule has 0 aromatic carbocycles. The molecule has 18 heavy (non-hydrogen) atoms. The van der Waals surface area contributed by atoms with E-state index in [1.165, 1.54) is 30.9 Å². The highest BCUT2D eigenvalue weighted by molar-refractivity contribution is 7.11. The molecule has 0 aliphatic carbocycles. The number of likely N-dealkylation sites (N-methyl/N-ethyl adjacent to an activating group) is 1. The normalized spacial score (nSPS) is 21.2. The number of hydrogen-bond donors (Lipinski definition) is 2. The van der Waals surface area contributed by atoms with Gasteiger partial charge in [-0.15, -0.1) is 0 Å². The maximum Gasteiger partial charge on any atom is 0.197 e.